The van der Waals surface area contributed by atoms with Crippen LogP contribution >= 0.6 is 0 Å². The van der Waals surface area contributed by atoms with Gasteiger partial charge in [-0.25, -0.2) is 0 Å². The highest BCUT2D eigenvalue weighted by molar-refractivity contribution is 5.94. The van der Waals surface area contributed by atoms with Crippen molar-refractivity contribution in [1.82, 2.24) is 5.32 Å². The lowest BCUT2D eigenvalue weighted by atomic mass is 10.2. The highest BCUT2D eigenvalue weighted by Crippen LogP contribution is 2.19. The Morgan fingerprint density at radius 1 is 1.22 bits per heavy atom. The SMILES string of the molecule is CCCCCNc1ccc(C(=O)NC2CC2)cc1. The Morgan fingerprint density at radius 3 is 2.56 bits per heavy atom. The molecule has 1 fully saturated rings. The third-order valence-corrected chi connectivity index (χ3v) is 3.17. The number of carbonyl (C=O) groups excluding carboxylic acids is 1. The quantitative estimate of drug-likeness (QED) is 0.725. The molecule has 0 unspecified atom stereocenters. The van der Waals surface area contributed by atoms with Gasteiger partial charge in [0, 0.05) is 23.8 Å². The normalized spacial score (nSPS) is 14.3. The van der Waals surface area contributed by atoms with E-state index in [1.54, 1.807) is 0 Å². The van der Waals surface area contributed by atoms with Crippen LogP contribution in [-0.2, 0) is 0 Å². The summed E-state index contributed by atoms with van der Waals surface area (Å²) in [4.78, 5) is 11.8. The summed E-state index contributed by atoms with van der Waals surface area (Å²) in [6.07, 6.45) is 5.95. The molecule has 0 spiro atoms. The molecule has 0 saturated heterocycles. The third kappa shape index (κ3) is 4.06. The van der Waals surface area contributed by atoms with Gasteiger partial charge in [0.25, 0.3) is 5.91 Å². The number of nitrogens with one attached hydrogen (secondary N) is 2. The first-order valence-corrected chi connectivity index (χ1v) is 6.94. The highest BCUT2D eigenvalue weighted by atomic mass is 16.1. The minimum Gasteiger partial charge on any atom is -0.385 e. The van der Waals surface area contributed by atoms with E-state index in [1.165, 1.54) is 19.3 Å². The van der Waals surface area contributed by atoms with Crippen LogP contribution in [0, 0.1) is 0 Å². The topological polar surface area (TPSA) is 41.1 Å². The Morgan fingerprint density at radius 2 is 1.94 bits per heavy atom. The molecule has 3 heteroatoms. The van der Waals surface area contributed by atoms with Gasteiger partial charge in [0.05, 0.1) is 0 Å². The number of amides is 1. The van der Waals surface area contributed by atoms with Gasteiger partial charge in [0.1, 0.15) is 0 Å². The number of hydrogen-bond donors (Lipinski definition) is 2. The van der Waals surface area contributed by atoms with Gasteiger partial charge < -0.3 is 10.6 Å². The second kappa shape index (κ2) is 6.43. The van der Waals surface area contributed by atoms with E-state index >= 15 is 0 Å². The van der Waals surface area contributed by atoms with Crippen LogP contribution in [0.15, 0.2) is 24.3 Å². The summed E-state index contributed by atoms with van der Waals surface area (Å²) in [6, 6.07) is 8.16. The Bertz CT molecular complexity index is 382. The van der Waals surface area contributed by atoms with E-state index in [4.69, 9.17) is 0 Å². The molecule has 1 aliphatic carbocycles. The Kier molecular flexibility index (Phi) is 4.62. The number of carbonyl (C=O) groups is 1. The van der Waals surface area contributed by atoms with Crippen LogP contribution in [0.25, 0.3) is 0 Å². The van der Waals surface area contributed by atoms with Crippen LogP contribution in [0.2, 0.25) is 0 Å². The first-order valence-electron chi connectivity index (χ1n) is 6.94. The summed E-state index contributed by atoms with van der Waals surface area (Å²) < 4.78 is 0. The summed E-state index contributed by atoms with van der Waals surface area (Å²) in [5.74, 6) is 0.0510. The molecule has 0 bridgehead atoms. The number of benzene rings is 1. The van der Waals surface area contributed by atoms with Gasteiger partial charge in [-0.2, -0.15) is 0 Å². The van der Waals surface area contributed by atoms with Crippen molar-refractivity contribution in [3.8, 4) is 0 Å². The molecule has 1 amide bonds. The number of hydrogen-bond acceptors (Lipinski definition) is 2. The standard InChI is InChI=1S/C15H22N2O/c1-2-3-4-11-16-13-7-5-12(6-8-13)15(18)17-14-9-10-14/h5-8,14,16H,2-4,9-11H2,1H3,(H,17,18). The van der Waals surface area contributed by atoms with Crippen molar-refractivity contribution < 1.29 is 4.79 Å². The second-order valence-electron chi connectivity index (χ2n) is 4.96. The van der Waals surface area contributed by atoms with Crippen molar-refractivity contribution in [1.29, 1.82) is 0 Å². The lowest BCUT2D eigenvalue weighted by molar-refractivity contribution is 0.0951. The summed E-state index contributed by atoms with van der Waals surface area (Å²) in [6.45, 7) is 3.20. The van der Waals surface area contributed by atoms with Crippen molar-refractivity contribution in [3.63, 3.8) is 0 Å². The first kappa shape index (κ1) is 12.9. The third-order valence-electron chi connectivity index (χ3n) is 3.17. The van der Waals surface area contributed by atoms with Gasteiger partial charge in [-0.15, -0.1) is 0 Å². The molecule has 0 aliphatic heterocycles. The predicted octanol–water partition coefficient (Wildman–Crippen LogP) is 3.18. The molecule has 0 atom stereocenters. The number of unbranched alkanes of at least 4 members (excludes halogenated alkanes) is 2. The lowest BCUT2D eigenvalue weighted by Gasteiger charge is -2.07. The Labute approximate surface area is 109 Å². The summed E-state index contributed by atoms with van der Waals surface area (Å²) >= 11 is 0. The maximum absolute atomic E-state index is 11.8. The maximum atomic E-state index is 11.8. The first-order chi connectivity index (χ1) is 8.79. The zero-order valence-electron chi connectivity index (χ0n) is 11.0. The van der Waals surface area contributed by atoms with Crippen LogP contribution in [0.4, 0.5) is 5.69 Å². The van der Waals surface area contributed by atoms with E-state index < -0.39 is 0 Å². The van der Waals surface area contributed by atoms with E-state index in [-0.39, 0.29) is 5.91 Å². The fourth-order valence-electron chi connectivity index (χ4n) is 1.84. The molecule has 1 aromatic rings. The molecule has 3 nitrogen and oxygen atoms in total. The Hall–Kier alpha value is -1.51. The van der Waals surface area contributed by atoms with E-state index in [1.807, 2.05) is 24.3 Å². The molecular weight excluding hydrogens is 224 g/mol. The minimum atomic E-state index is 0.0510. The van der Waals surface area contributed by atoms with E-state index in [9.17, 15) is 4.79 Å². The molecule has 1 aromatic carbocycles. The molecule has 2 N–H and O–H groups in total. The van der Waals surface area contributed by atoms with Crippen LogP contribution in [-0.4, -0.2) is 18.5 Å². The lowest BCUT2D eigenvalue weighted by Crippen LogP contribution is -2.25. The Balaban J connectivity index is 1.78. The van der Waals surface area contributed by atoms with Crippen molar-refractivity contribution in [2.75, 3.05) is 11.9 Å². The van der Waals surface area contributed by atoms with Gasteiger partial charge >= 0.3 is 0 Å². The second-order valence-corrected chi connectivity index (χ2v) is 4.96. The molecule has 98 valence electrons. The highest BCUT2D eigenvalue weighted by Gasteiger charge is 2.23. The molecule has 2 rings (SSSR count). The predicted molar refractivity (Wildman–Crippen MR) is 74.9 cm³/mol. The van der Waals surface area contributed by atoms with Crippen molar-refractivity contribution in [2.24, 2.45) is 0 Å². The molecule has 0 heterocycles. The fraction of sp³-hybridized carbons (Fsp3) is 0.533. The van der Waals surface area contributed by atoms with E-state index in [2.05, 4.69) is 17.6 Å². The molecule has 1 aliphatic rings. The molecule has 18 heavy (non-hydrogen) atoms. The van der Waals surface area contributed by atoms with Gasteiger partial charge in [0.2, 0.25) is 0 Å². The molecule has 0 aromatic heterocycles. The van der Waals surface area contributed by atoms with Crippen LogP contribution in [0.5, 0.6) is 0 Å². The molecule has 0 radical (unpaired) electrons. The summed E-state index contributed by atoms with van der Waals surface area (Å²) in [7, 11) is 0. The number of rotatable bonds is 7. The van der Waals surface area contributed by atoms with Crippen molar-refractivity contribution >= 4 is 11.6 Å². The molecular formula is C15H22N2O. The van der Waals surface area contributed by atoms with Crippen LogP contribution in [0.1, 0.15) is 49.4 Å². The van der Waals surface area contributed by atoms with Gasteiger partial charge in [-0.1, -0.05) is 19.8 Å². The zero-order chi connectivity index (χ0) is 12.8. The smallest absolute Gasteiger partial charge is 0.251 e. The monoisotopic (exact) mass is 246 g/mol. The largest absolute Gasteiger partial charge is 0.385 e. The molecule has 1 saturated carbocycles. The van der Waals surface area contributed by atoms with E-state index in [0.717, 1.165) is 30.6 Å². The van der Waals surface area contributed by atoms with Crippen LogP contribution < -0.4 is 10.6 Å². The van der Waals surface area contributed by atoms with Crippen LogP contribution in [0.3, 0.4) is 0 Å². The zero-order valence-corrected chi connectivity index (χ0v) is 11.0. The number of anilines is 1. The van der Waals surface area contributed by atoms with Gasteiger partial charge in [-0.05, 0) is 43.5 Å². The maximum Gasteiger partial charge on any atom is 0.251 e. The fourth-order valence-corrected chi connectivity index (χ4v) is 1.84. The van der Waals surface area contributed by atoms with Gasteiger partial charge in [0.15, 0.2) is 0 Å². The van der Waals surface area contributed by atoms with Gasteiger partial charge in [-0.3, -0.25) is 4.79 Å². The minimum absolute atomic E-state index is 0.0510. The summed E-state index contributed by atoms with van der Waals surface area (Å²) in [5.41, 5.74) is 1.84. The average molecular weight is 246 g/mol. The van der Waals surface area contributed by atoms with E-state index in [0.29, 0.717) is 6.04 Å². The average Bonchev–Trinajstić information content (AvgIpc) is 3.19. The van der Waals surface area contributed by atoms with Crippen molar-refractivity contribution in [3.05, 3.63) is 29.8 Å². The van der Waals surface area contributed by atoms with Crippen molar-refractivity contribution in [2.45, 2.75) is 45.1 Å². The summed E-state index contributed by atoms with van der Waals surface area (Å²) in [5, 5.41) is 6.36.